The standard InChI is InChI=1S/C20H28FN3O9/c1-10(2)7-13(26)32-9-24-12(25)5-6-23(19(24)30)17-15(27)16(28)20(21,33-17)8-31-18(29)14(22)11(3)4/h5-7,11,14-17,27-28H,8-9,22H2,1-4H3/t14-,15+,16-,17+,20+/m0/s1. The van der Waals surface area contributed by atoms with Crippen LogP contribution in [0.25, 0.3) is 0 Å². The Kier molecular flexibility index (Phi) is 8.30. The third kappa shape index (κ3) is 5.93. The zero-order chi connectivity index (χ0) is 25.1. The Bertz CT molecular complexity index is 1030. The first-order valence-corrected chi connectivity index (χ1v) is 10.1. The number of ether oxygens (including phenoxy) is 3. The molecule has 0 radical (unpaired) electrons. The van der Waals surface area contributed by atoms with Crippen LogP contribution in [0, 0.1) is 5.92 Å². The van der Waals surface area contributed by atoms with E-state index in [0.717, 1.165) is 18.3 Å². The summed E-state index contributed by atoms with van der Waals surface area (Å²) in [4.78, 5) is 48.4. The molecule has 1 saturated heterocycles. The second kappa shape index (κ2) is 10.4. The predicted octanol–water partition coefficient (Wildman–Crippen LogP) is -1.08. The largest absolute Gasteiger partial charge is 0.458 e. The molecular weight excluding hydrogens is 445 g/mol. The van der Waals surface area contributed by atoms with Gasteiger partial charge in [-0.25, -0.2) is 18.5 Å². The van der Waals surface area contributed by atoms with Crippen molar-refractivity contribution in [3.8, 4) is 0 Å². The van der Waals surface area contributed by atoms with Crippen LogP contribution in [0.4, 0.5) is 4.39 Å². The van der Waals surface area contributed by atoms with Crippen LogP contribution in [-0.2, 0) is 30.5 Å². The van der Waals surface area contributed by atoms with Crippen molar-refractivity contribution in [3.05, 3.63) is 44.8 Å². The fourth-order valence-electron chi connectivity index (χ4n) is 2.88. The molecule has 2 rings (SSSR count). The molecule has 0 bridgehead atoms. The van der Waals surface area contributed by atoms with E-state index in [0.29, 0.717) is 14.7 Å². The fourth-order valence-corrected chi connectivity index (χ4v) is 2.88. The number of esters is 2. The van der Waals surface area contributed by atoms with Crippen molar-refractivity contribution in [2.24, 2.45) is 11.7 Å². The predicted molar refractivity (Wildman–Crippen MR) is 110 cm³/mol. The summed E-state index contributed by atoms with van der Waals surface area (Å²) in [5.41, 5.74) is 4.32. The molecule has 13 heteroatoms. The number of alkyl halides is 1. The third-order valence-electron chi connectivity index (χ3n) is 4.89. The van der Waals surface area contributed by atoms with Crippen molar-refractivity contribution in [1.29, 1.82) is 0 Å². The quantitative estimate of drug-likeness (QED) is 0.311. The Balaban J connectivity index is 2.24. The van der Waals surface area contributed by atoms with Gasteiger partial charge in [0.25, 0.3) is 11.4 Å². The topological polar surface area (TPSA) is 172 Å². The Morgan fingerprint density at radius 2 is 1.94 bits per heavy atom. The molecule has 1 aromatic heterocycles. The van der Waals surface area contributed by atoms with Crippen molar-refractivity contribution >= 4 is 11.9 Å². The molecule has 0 amide bonds. The Hall–Kier alpha value is -2.87. The molecule has 12 nitrogen and oxygen atoms in total. The molecule has 1 aliphatic rings. The van der Waals surface area contributed by atoms with Crippen LogP contribution in [0.1, 0.15) is 33.9 Å². The van der Waals surface area contributed by atoms with Gasteiger partial charge in [-0.3, -0.25) is 14.2 Å². The van der Waals surface area contributed by atoms with Crippen LogP contribution in [0.2, 0.25) is 0 Å². The van der Waals surface area contributed by atoms with Gasteiger partial charge in [0.05, 0.1) is 0 Å². The Morgan fingerprint density at radius 3 is 2.52 bits per heavy atom. The summed E-state index contributed by atoms with van der Waals surface area (Å²) < 4.78 is 31.0. The molecule has 0 aromatic carbocycles. The van der Waals surface area contributed by atoms with Gasteiger partial charge in [0.2, 0.25) is 0 Å². The summed E-state index contributed by atoms with van der Waals surface area (Å²) in [6.07, 6.45) is -3.88. The normalized spacial score (nSPS) is 25.5. The molecule has 33 heavy (non-hydrogen) atoms. The first kappa shape index (κ1) is 26.4. The molecule has 1 fully saturated rings. The smallest absolute Gasteiger partial charge is 0.335 e. The van der Waals surface area contributed by atoms with Crippen molar-refractivity contribution < 1.29 is 38.4 Å². The van der Waals surface area contributed by atoms with E-state index < -0.39 is 66.9 Å². The van der Waals surface area contributed by atoms with E-state index in [1.807, 2.05) is 0 Å². The number of aliphatic hydroxyl groups is 2. The number of carbonyl (C=O) groups is 2. The van der Waals surface area contributed by atoms with E-state index in [4.69, 9.17) is 19.9 Å². The van der Waals surface area contributed by atoms with E-state index in [-0.39, 0.29) is 5.92 Å². The molecule has 0 saturated carbocycles. The van der Waals surface area contributed by atoms with Crippen molar-refractivity contribution in [1.82, 2.24) is 9.13 Å². The Morgan fingerprint density at radius 1 is 1.30 bits per heavy atom. The monoisotopic (exact) mass is 473 g/mol. The first-order valence-electron chi connectivity index (χ1n) is 10.1. The maximum Gasteiger partial charge on any atom is 0.335 e. The van der Waals surface area contributed by atoms with Gasteiger partial charge in [-0.05, 0) is 19.8 Å². The number of nitrogens with two attached hydrogens (primary N) is 1. The maximum absolute atomic E-state index is 15.2. The fraction of sp³-hybridized carbons (Fsp3) is 0.600. The van der Waals surface area contributed by atoms with Gasteiger partial charge in [-0.15, -0.1) is 0 Å². The summed E-state index contributed by atoms with van der Waals surface area (Å²) >= 11 is 0. The van der Waals surface area contributed by atoms with Gasteiger partial charge >= 0.3 is 17.6 Å². The molecule has 2 heterocycles. The van der Waals surface area contributed by atoms with Crippen LogP contribution in [0.5, 0.6) is 0 Å². The van der Waals surface area contributed by atoms with Gasteiger partial charge in [0.1, 0.15) is 18.2 Å². The van der Waals surface area contributed by atoms with Crippen LogP contribution in [0.3, 0.4) is 0 Å². The molecule has 184 valence electrons. The highest BCUT2D eigenvalue weighted by molar-refractivity contribution is 5.82. The van der Waals surface area contributed by atoms with Gasteiger partial charge in [-0.1, -0.05) is 19.4 Å². The molecule has 0 unspecified atom stereocenters. The van der Waals surface area contributed by atoms with Gasteiger partial charge < -0.3 is 30.2 Å². The lowest BCUT2D eigenvalue weighted by Gasteiger charge is -2.24. The lowest BCUT2D eigenvalue weighted by Crippen LogP contribution is -2.46. The molecule has 4 N–H and O–H groups in total. The number of aromatic nitrogens is 2. The van der Waals surface area contributed by atoms with Crippen LogP contribution in [0.15, 0.2) is 33.5 Å². The number of rotatable bonds is 8. The summed E-state index contributed by atoms with van der Waals surface area (Å²) in [5.74, 6) is -5.10. The van der Waals surface area contributed by atoms with Crippen molar-refractivity contribution in [2.45, 2.75) is 64.8 Å². The summed E-state index contributed by atoms with van der Waals surface area (Å²) in [7, 11) is 0. The van der Waals surface area contributed by atoms with E-state index >= 15 is 4.39 Å². The molecule has 0 aliphatic carbocycles. The molecule has 5 atom stereocenters. The number of hydrogen-bond donors (Lipinski definition) is 3. The second-order valence-corrected chi connectivity index (χ2v) is 8.19. The second-order valence-electron chi connectivity index (χ2n) is 8.19. The van der Waals surface area contributed by atoms with Gasteiger partial charge in [0.15, 0.2) is 19.6 Å². The SMILES string of the molecule is CC(C)=CC(=O)OCn1c(=O)ccn([C@@H]2O[C@](F)(COC(=O)[C@@H](N)C(C)C)[C@@H](O)[C@H]2O)c1=O. The van der Waals surface area contributed by atoms with Crippen molar-refractivity contribution in [2.75, 3.05) is 6.61 Å². The van der Waals surface area contributed by atoms with Gasteiger partial charge in [-0.2, -0.15) is 0 Å². The average Bonchev–Trinajstić information content (AvgIpc) is 2.95. The highest BCUT2D eigenvalue weighted by Crippen LogP contribution is 2.38. The average molecular weight is 473 g/mol. The number of hydrogen-bond acceptors (Lipinski definition) is 10. The van der Waals surface area contributed by atoms with E-state index in [1.54, 1.807) is 27.7 Å². The van der Waals surface area contributed by atoms with Gasteiger partial charge in [0, 0.05) is 18.3 Å². The zero-order valence-corrected chi connectivity index (χ0v) is 18.6. The van der Waals surface area contributed by atoms with Crippen LogP contribution in [-0.4, -0.2) is 62.0 Å². The highest BCUT2D eigenvalue weighted by Gasteiger charge is 2.57. The Labute approximate surface area is 188 Å². The number of aliphatic hydroxyl groups excluding tert-OH is 2. The minimum Gasteiger partial charge on any atom is -0.458 e. The minimum atomic E-state index is -3.06. The van der Waals surface area contributed by atoms with E-state index in [1.165, 1.54) is 0 Å². The zero-order valence-electron chi connectivity index (χ0n) is 18.6. The lowest BCUT2D eigenvalue weighted by molar-refractivity contribution is -0.217. The number of nitrogens with zero attached hydrogens (tertiary/aromatic N) is 2. The van der Waals surface area contributed by atoms with E-state index in [9.17, 15) is 29.4 Å². The number of halogens is 1. The van der Waals surface area contributed by atoms with Crippen LogP contribution >= 0.6 is 0 Å². The van der Waals surface area contributed by atoms with E-state index in [2.05, 4.69) is 0 Å². The molecule has 0 spiro atoms. The minimum absolute atomic E-state index is 0.300. The number of allylic oxidation sites excluding steroid dienone is 1. The third-order valence-corrected chi connectivity index (χ3v) is 4.89. The summed E-state index contributed by atoms with van der Waals surface area (Å²) in [6.45, 7) is 4.73. The molecule has 1 aromatic rings. The summed E-state index contributed by atoms with van der Waals surface area (Å²) in [6, 6.07) is -0.147. The number of carbonyl (C=O) groups excluding carboxylic acids is 2. The van der Waals surface area contributed by atoms with Crippen LogP contribution < -0.4 is 17.0 Å². The first-order chi connectivity index (χ1) is 15.3. The van der Waals surface area contributed by atoms with Crippen molar-refractivity contribution in [3.63, 3.8) is 0 Å². The molecule has 1 aliphatic heterocycles. The summed E-state index contributed by atoms with van der Waals surface area (Å²) in [5, 5.41) is 20.4. The lowest BCUT2D eigenvalue weighted by atomic mass is 10.1. The molecular formula is C20H28FN3O9. The highest BCUT2D eigenvalue weighted by atomic mass is 19.2. The maximum atomic E-state index is 15.2.